The summed E-state index contributed by atoms with van der Waals surface area (Å²) in [6.45, 7) is 0.652. The lowest BCUT2D eigenvalue weighted by Crippen LogP contribution is -2.31. The van der Waals surface area contributed by atoms with Crippen LogP contribution in [0.1, 0.15) is 35.4 Å². The maximum atomic E-state index is 11.1. The van der Waals surface area contributed by atoms with Gasteiger partial charge in [0.05, 0.1) is 19.1 Å². The second-order valence-electron chi connectivity index (χ2n) is 5.06. The van der Waals surface area contributed by atoms with Gasteiger partial charge in [-0.15, -0.1) is 11.3 Å². The van der Waals surface area contributed by atoms with Crippen molar-refractivity contribution in [1.82, 2.24) is 5.32 Å². The highest BCUT2D eigenvalue weighted by Crippen LogP contribution is 2.34. The van der Waals surface area contributed by atoms with Crippen molar-refractivity contribution in [2.45, 2.75) is 24.9 Å². The Labute approximate surface area is 127 Å². The Morgan fingerprint density at radius 3 is 3.00 bits per heavy atom. The Kier molecular flexibility index (Phi) is 4.22. The second-order valence-corrected chi connectivity index (χ2v) is 6.04. The van der Waals surface area contributed by atoms with Crippen molar-refractivity contribution in [1.29, 1.82) is 0 Å². The van der Waals surface area contributed by atoms with Crippen LogP contribution in [0, 0.1) is 0 Å². The van der Waals surface area contributed by atoms with Gasteiger partial charge in [0, 0.05) is 22.9 Å². The lowest BCUT2D eigenvalue weighted by atomic mass is 9.98. The van der Waals surface area contributed by atoms with E-state index in [2.05, 4.69) is 5.32 Å². The van der Waals surface area contributed by atoms with Crippen molar-refractivity contribution in [3.63, 3.8) is 0 Å². The van der Waals surface area contributed by atoms with Gasteiger partial charge in [-0.3, -0.25) is 4.79 Å². The summed E-state index contributed by atoms with van der Waals surface area (Å²) < 4.78 is 5.65. The van der Waals surface area contributed by atoms with Crippen LogP contribution in [0.2, 0.25) is 0 Å². The molecule has 2 unspecified atom stereocenters. The molecule has 0 saturated carbocycles. The molecule has 1 aromatic carbocycles. The van der Waals surface area contributed by atoms with E-state index in [4.69, 9.17) is 9.84 Å². The Hall–Kier alpha value is -1.85. The Morgan fingerprint density at radius 1 is 1.38 bits per heavy atom. The third-order valence-electron chi connectivity index (χ3n) is 3.63. The molecule has 1 aliphatic heterocycles. The second kappa shape index (κ2) is 6.28. The molecular weight excluding hydrogens is 286 g/mol. The summed E-state index contributed by atoms with van der Waals surface area (Å²) in [4.78, 5) is 12.2. The first kappa shape index (κ1) is 14.1. The van der Waals surface area contributed by atoms with Gasteiger partial charge in [-0.1, -0.05) is 24.3 Å². The molecule has 2 N–H and O–H groups in total. The summed E-state index contributed by atoms with van der Waals surface area (Å²) in [6.07, 6.45) is 0.929. The molecule has 0 spiro atoms. The monoisotopic (exact) mass is 303 g/mol. The maximum absolute atomic E-state index is 11.1. The van der Waals surface area contributed by atoms with Gasteiger partial charge in [-0.2, -0.15) is 0 Å². The summed E-state index contributed by atoms with van der Waals surface area (Å²) in [5, 5.41) is 14.6. The van der Waals surface area contributed by atoms with E-state index in [-0.39, 0.29) is 18.5 Å². The van der Waals surface area contributed by atoms with E-state index in [1.165, 1.54) is 0 Å². The number of benzene rings is 1. The molecule has 1 aliphatic rings. The lowest BCUT2D eigenvalue weighted by Gasteiger charge is -2.30. The number of thiophene rings is 1. The normalized spacial score (nSPS) is 18.6. The van der Waals surface area contributed by atoms with Crippen LogP contribution in [-0.4, -0.2) is 17.7 Å². The SMILES string of the molecule is O=C(O)CC(NC1CCOc2ccccc21)c1cccs1. The van der Waals surface area contributed by atoms with Crippen molar-refractivity contribution < 1.29 is 14.6 Å². The number of aliphatic carboxylic acids is 1. The van der Waals surface area contributed by atoms with Gasteiger partial charge < -0.3 is 15.2 Å². The third-order valence-corrected chi connectivity index (χ3v) is 4.61. The van der Waals surface area contributed by atoms with Crippen LogP contribution in [0.3, 0.4) is 0 Å². The molecule has 2 atom stereocenters. The van der Waals surface area contributed by atoms with Crippen LogP contribution in [-0.2, 0) is 4.79 Å². The number of carboxylic acids is 1. The molecule has 3 rings (SSSR count). The van der Waals surface area contributed by atoms with Crippen LogP contribution in [0.4, 0.5) is 0 Å². The van der Waals surface area contributed by atoms with Gasteiger partial charge in [-0.25, -0.2) is 0 Å². The first-order valence-corrected chi connectivity index (χ1v) is 7.85. The number of ether oxygens (including phenoxy) is 1. The third kappa shape index (κ3) is 3.25. The zero-order valence-electron chi connectivity index (χ0n) is 11.5. The molecular formula is C16H17NO3S. The largest absolute Gasteiger partial charge is 0.493 e. The number of nitrogens with one attached hydrogen (secondary N) is 1. The van der Waals surface area contributed by atoms with Crippen LogP contribution in [0.5, 0.6) is 5.75 Å². The van der Waals surface area contributed by atoms with Crippen molar-refractivity contribution >= 4 is 17.3 Å². The highest BCUT2D eigenvalue weighted by atomic mass is 32.1. The molecule has 0 aliphatic carbocycles. The molecule has 5 heteroatoms. The summed E-state index contributed by atoms with van der Waals surface area (Å²) in [6, 6.07) is 11.8. The van der Waals surface area contributed by atoms with E-state index in [1.807, 2.05) is 41.8 Å². The number of rotatable bonds is 5. The van der Waals surface area contributed by atoms with Crippen LogP contribution < -0.4 is 10.1 Å². The molecule has 110 valence electrons. The van der Waals surface area contributed by atoms with Crippen molar-refractivity contribution in [3.05, 3.63) is 52.2 Å². The van der Waals surface area contributed by atoms with Gasteiger partial charge in [0.25, 0.3) is 0 Å². The highest BCUT2D eigenvalue weighted by molar-refractivity contribution is 7.10. The lowest BCUT2D eigenvalue weighted by molar-refractivity contribution is -0.137. The first-order chi connectivity index (χ1) is 10.2. The fourth-order valence-electron chi connectivity index (χ4n) is 2.66. The van der Waals surface area contributed by atoms with Crippen molar-refractivity contribution in [2.75, 3.05) is 6.61 Å². The molecule has 0 amide bonds. The molecule has 2 heterocycles. The molecule has 0 radical (unpaired) electrons. The minimum atomic E-state index is -0.791. The number of carboxylic acid groups (broad SMARTS) is 1. The molecule has 0 fully saturated rings. The van der Waals surface area contributed by atoms with Crippen LogP contribution in [0.15, 0.2) is 41.8 Å². The summed E-state index contributed by atoms with van der Waals surface area (Å²) in [7, 11) is 0. The summed E-state index contributed by atoms with van der Waals surface area (Å²) in [5.74, 6) is 0.0998. The quantitative estimate of drug-likeness (QED) is 0.889. The summed E-state index contributed by atoms with van der Waals surface area (Å²) >= 11 is 1.59. The minimum Gasteiger partial charge on any atom is -0.493 e. The standard InChI is InChI=1S/C16H17NO3S/c18-16(19)10-13(15-6-3-9-21-15)17-12-7-8-20-14-5-2-1-4-11(12)14/h1-6,9,12-13,17H,7-8,10H2,(H,18,19). The Morgan fingerprint density at radius 2 is 2.24 bits per heavy atom. The van der Waals surface area contributed by atoms with Crippen LogP contribution in [0.25, 0.3) is 0 Å². The number of fused-ring (bicyclic) bond motifs is 1. The average Bonchev–Trinajstić information content (AvgIpc) is 3.01. The number of hydrogen-bond acceptors (Lipinski definition) is 4. The van der Waals surface area contributed by atoms with Gasteiger partial charge in [0.15, 0.2) is 0 Å². The van der Waals surface area contributed by atoms with Gasteiger partial charge in [-0.05, 0) is 17.5 Å². The maximum Gasteiger partial charge on any atom is 0.305 e. The fourth-order valence-corrected chi connectivity index (χ4v) is 3.45. The zero-order chi connectivity index (χ0) is 14.7. The van der Waals surface area contributed by atoms with Crippen molar-refractivity contribution in [3.8, 4) is 5.75 Å². The number of carbonyl (C=O) groups is 1. The molecule has 21 heavy (non-hydrogen) atoms. The molecule has 2 aromatic rings. The van der Waals surface area contributed by atoms with Gasteiger partial charge >= 0.3 is 5.97 Å². The Bertz CT molecular complexity index is 612. The topological polar surface area (TPSA) is 58.6 Å². The molecule has 0 bridgehead atoms. The first-order valence-electron chi connectivity index (χ1n) is 6.97. The van der Waals surface area contributed by atoms with E-state index >= 15 is 0 Å². The van der Waals surface area contributed by atoms with E-state index in [0.717, 1.165) is 22.6 Å². The number of para-hydroxylation sites is 1. The van der Waals surface area contributed by atoms with Gasteiger partial charge in [0.2, 0.25) is 0 Å². The van der Waals surface area contributed by atoms with Crippen molar-refractivity contribution in [2.24, 2.45) is 0 Å². The van der Waals surface area contributed by atoms with E-state index < -0.39 is 5.97 Å². The van der Waals surface area contributed by atoms with Crippen LogP contribution >= 0.6 is 11.3 Å². The minimum absolute atomic E-state index is 0.0834. The van der Waals surface area contributed by atoms with E-state index in [9.17, 15) is 4.79 Å². The average molecular weight is 303 g/mol. The molecule has 1 aromatic heterocycles. The van der Waals surface area contributed by atoms with Gasteiger partial charge in [0.1, 0.15) is 5.75 Å². The predicted octanol–water partition coefficient (Wildman–Crippen LogP) is 3.38. The molecule has 0 saturated heterocycles. The molecule has 4 nitrogen and oxygen atoms in total. The smallest absolute Gasteiger partial charge is 0.305 e. The summed E-state index contributed by atoms with van der Waals surface area (Å²) in [5.41, 5.74) is 1.11. The van der Waals surface area contributed by atoms with E-state index in [1.54, 1.807) is 11.3 Å². The highest BCUT2D eigenvalue weighted by Gasteiger charge is 2.25. The zero-order valence-corrected chi connectivity index (χ0v) is 12.3. The van der Waals surface area contributed by atoms with E-state index in [0.29, 0.717) is 6.61 Å². The predicted molar refractivity (Wildman–Crippen MR) is 81.7 cm³/mol. The fraction of sp³-hybridized carbons (Fsp3) is 0.312. The number of hydrogen-bond donors (Lipinski definition) is 2. The Balaban J connectivity index is 1.82.